The van der Waals surface area contributed by atoms with Crippen LogP contribution in [-0.4, -0.2) is 8.42 Å². The summed E-state index contributed by atoms with van der Waals surface area (Å²) in [5, 5.41) is 0. The fourth-order valence-electron chi connectivity index (χ4n) is 1.52. The van der Waals surface area contributed by atoms with Gasteiger partial charge in [-0.2, -0.15) is 0 Å². The third-order valence-corrected chi connectivity index (χ3v) is 4.30. The first kappa shape index (κ1) is 15.8. The molecule has 2 rings (SSSR count). The molecule has 0 atom stereocenters. The van der Waals surface area contributed by atoms with Gasteiger partial charge in [0.25, 0.3) is 10.0 Å². The monoisotopic (exact) mass is 383 g/mol. The van der Waals surface area contributed by atoms with Crippen LogP contribution in [0.5, 0.6) is 0 Å². The first-order valence-corrected chi connectivity index (χ1v) is 7.61. The van der Waals surface area contributed by atoms with Crippen LogP contribution in [0, 0.1) is 23.3 Å². The number of benzene rings is 2. The summed E-state index contributed by atoms with van der Waals surface area (Å²) in [4.78, 5) is -0.797. The fraction of sp³-hybridized carbons (Fsp3) is 0. The van der Waals surface area contributed by atoms with E-state index in [0.717, 1.165) is 12.1 Å². The Morgan fingerprint density at radius 1 is 0.905 bits per heavy atom. The highest BCUT2D eigenvalue weighted by molar-refractivity contribution is 9.10. The minimum absolute atomic E-state index is 0.290. The molecule has 0 aliphatic heterocycles. The summed E-state index contributed by atoms with van der Waals surface area (Å²) in [5.74, 6) is -5.22. The molecule has 0 fully saturated rings. The highest BCUT2D eigenvalue weighted by Gasteiger charge is 2.23. The van der Waals surface area contributed by atoms with Gasteiger partial charge in [0.15, 0.2) is 11.6 Å². The molecule has 0 saturated carbocycles. The van der Waals surface area contributed by atoms with Gasteiger partial charge in [-0.1, -0.05) is 15.9 Å². The Hall–Kier alpha value is -1.61. The van der Waals surface area contributed by atoms with E-state index in [1.807, 2.05) is 0 Å². The van der Waals surface area contributed by atoms with Gasteiger partial charge in [0.2, 0.25) is 0 Å². The molecule has 2 aromatic carbocycles. The van der Waals surface area contributed by atoms with Crippen molar-refractivity contribution in [2.24, 2.45) is 0 Å². The minimum atomic E-state index is -4.57. The van der Waals surface area contributed by atoms with E-state index in [1.54, 1.807) is 4.72 Å². The van der Waals surface area contributed by atoms with Crippen molar-refractivity contribution in [1.29, 1.82) is 0 Å². The van der Waals surface area contributed by atoms with E-state index in [-0.39, 0.29) is 4.47 Å². The Labute approximate surface area is 125 Å². The van der Waals surface area contributed by atoms with E-state index in [2.05, 4.69) is 15.9 Å². The lowest BCUT2D eigenvalue weighted by Crippen LogP contribution is -2.16. The molecule has 1 N–H and O–H groups in total. The lowest BCUT2D eigenvalue weighted by Gasteiger charge is -2.10. The van der Waals surface area contributed by atoms with Crippen molar-refractivity contribution in [3.63, 3.8) is 0 Å². The normalized spacial score (nSPS) is 11.5. The van der Waals surface area contributed by atoms with Crippen molar-refractivity contribution in [3.8, 4) is 0 Å². The number of rotatable bonds is 3. The Morgan fingerprint density at radius 2 is 1.48 bits per heavy atom. The van der Waals surface area contributed by atoms with E-state index < -0.39 is 43.9 Å². The van der Waals surface area contributed by atoms with Gasteiger partial charge in [-0.05, 0) is 18.2 Å². The molecule has 0 unspecified atom stereocenters. The molecule has 0 aliphatic carbocycles. The molecule has 0 aromatic heterocycles. The molecule has 0 spiro atoms. The molecule has 3 nitrogen and oxygen atoms in total. The first-order chi connectivity index (χ1) is 9.70. The van der Waals surface area contributed by atoms with Gasteiger partial charge in [0, 0.05) is 16.6 Å². The topological polar surface area (TPSA) is 46.2 Å². The predicted molar refractivity (Wildman–Crippen MR) is 71.2 cm³/mol. The van der Waals surface area contributed by atoms with E-state index in [9.17, 15) is 26.0 Å². The maximum absolute atomic E-state index is 13.6. The lowest BCUT2D eigenvalue weighted by molar-refractivity contribution is 0.545. The molecule has 21 heavy (non-hydrogen) atoms. The van der Waals surface area contributed by atoms with Gasteiger partial charge in [0.05, 0.1) is 0 Å². The second-order valence-electron chi connectivity index (χ2n) is 3.92. The Morgan fingerprint density at radius 3 is 2.00 bits per heavy atom. The number of sulfonamides is 1. The van der Waals surface area contributed by atoms with Gasteiger partial charge < -0.3 is 0 Å². The fourth-order valence-corrected chi connectivity index (χ4v) is 2.99. The summed E-state index contributed by atoms with van der Waals surface area (Å²) in [7, 11) is -4.57. The summed E-state index contributed by atoms with van der Waals surface area (Å²) in [6, 6.07) is 3.65. The average Bonchev–Trinajstić information content (AvgIpc) is 2.33. The standard InChI is InChI=1S/C12H6BrF4NO2S/c13-6-1-2-11(8(15)3-6)21(19,20)18-12-9(16)4-7(14)5-10(12)17/h1-5,18H. The van der Waals surface area contributed by atoms with Crippen LogP contribution >= 0.6 is 15.9 Å². The molecular formula is C12H6BrF4NO2S. The van der Waals surface area contributed by atoms with Crippen molar-refractivity contribution in [2.45, 2.75) is 4.90 Å². The van der Waals surface area contributed by atoms with Gasteiger partial charge in [-0.15, -0.1) is 0 Å². The highest BCUT2D eigenvalue weighted by atomic mass is 79.9. The van der Waals surface area contributed by atoms with Gasteiger partial charge in [0.1, 0.15) is 22.2 Å². The SMILES string of the molecule is O=S(=O)(Nc1c(F)cc(F)cc1F)c1ccc(Br)cc1F. The van der Waals surface area contributed by atoms with Crippen molar-refractivity contribution >= 4 is 31.6 Å². The van der Waals surface area contributed by atoms with E-state index in [1.165, 1.54) is 6.07 Å². The molecular weight excluding hydrogens is 378 g/mol. The van der Waals surface area contributed by atoms with Gasteiger partial charge in [-0.25, -0.2) is 26.0 Å². The number of anilines is 1. The van der Waals surface area contributed by atoms with Crippen LogP contribution in [0.15, 0.2) is 39.7 Å². The Bertz CT molecular complexity index is 788. The molecule has 112 valence electrons. The second-order valence-corrected chi connectivity index (χ2v) is 6.49. The maximum Gasteiger partial charge on any atom is 0.265 e. The molecule has 2 aromatic rings. The van der Waals surface area contributed by atoms with Crippen molar-refractivity contribution in [3.05, 3.63) is 58.1 Å². The van der Waals surface area contributed by atoms with E-state index in [4.69, 9.17) is 0 Å². The van der Waals surface area contributed by atoms with Crippen LogP contribution in [0.2, 0.25) is 0 Å². The second kappa shape index (κ2) is 5.64. The van der Waals surface area contributed by atoms with Crippen LogP contribution < -0.4 is 4.72 Å². The zero-order valence-corrected chi connectivity index (χ0v) is 12.4. The number of halogens is 5. The summed E-state index contributed by atoms with van der Waals surface area (Å²) in [6.45, 7) is 0. The molecule has 0 radical (unpaired) electrons. The molecule has 0 saturated heterocycles. The minimum Gasteiger partial charge on any atom is -0.274 e. The summed E-state index contributed by atoms with van der Waals surface area (Å²) >= 11 is 2.94. The largest absolute Gasteiger partial charge is 0.274 e. The molecule has 9 heteroatoms. The van der Waals surface area contributed by atoms with Gasteiger partial charge >= 0.3 is 0 Å². The molecule has 0 amide bonds. The first-order valence-electron chi connectivity index (χ1n) is 5.33. The zero-order chi connectivity index (χ0) is 15.8. The third-order valence-electron chi connectivity index (χ3n) is 2.43. The van der Waals surface area contributed by atoms with Gasteiger partial charge in [-0.3, -0.25) is 4.72 Å². The summed E-state index contributed by atoms with van der Waals surface area (Å²) in [6.07, 6.45) is 0. The predicted octanol–water partition coefficient (Wildman–Crippen LogP) is 3.81. The number of nitrogens with one attached hydrogen (secondary N) is 1. The summed E-state index contributed by atoms with van der Waals surface area (Å²) < 4.78 is 78.9. The Kier molecular flexibility index (Phi) is 4.24. The summed E-state index contributed by atoms with van der Waals surface area (Å²) in [5.41, 5.74) is -1.08. The highest BCUT2D eigenvalue weighted by Crippen LogP contribution is 2.25. The lowest BCUT2D eigenvalue weighted by atomic mass is 10.3. The zero-order valence-electron chi connectivity index (χ0n) is 10.0. The van der Waals surface area contributed by atoms with Crippen LogP contribution in [-0.2, 0) is 10.0 Å². The molecule has 0 heterocycles. The van der Waals surface area contributed by atoms with E-state index >= 15 is 0 Å². The van der Waals surface area contributed by atoms with Crippen LogP contribution in [0.1, 0.15) is 0 Å². The number of hydrogen-bond acceptors (Lipinski definition) is 2. The molecule has 0 bridgehead atoms. The van der Waals surface area contributed by atoms with Crippen molar-refractivity contribution in [2.75, 3.05) is 4.72 Å². The average molecular weight is 384 g/mol. The van der Waals surface area contributed by atoms with Crippen LogP contribution in [0.4, 0.5) is 23.2 Å². The van der Waals surface area contributed by atoms with Crippen LogP contribution in [0.25, 0.3) is 0 Å². The Balaban J connectivity index is 2.47. The van der Waals surface area contributed by atoms with Crippen molar-refractivity contribution in [1.82, 2.24) is 0 Å². The third kappa shape index (κ3) is 3.35. The van der Waals surface area contributed by atoms with Crippen molar-refractivity contribution < 1.29 is 26.0 Å². The number of hydrogen-bond donors (Lipinski definition) is 1. The molecule has 0 aliphatic rings. The van der Waals surface area contributed by atoms with Crippen LogP contribution in [0.3, 0.4) is 0 Å². The smallest absolute Gasteiger partial charge is 0.265 e. The quantitative estimate of drug-likeness (QED) is 0.819. The van der Waals surface area contributed by atoms with E-state index in [0.29, 0.717) is 12.1 Å². The maximum atomic E-state index is 13.6.